The Morgan fingerprint density at radius 1 is 1.22 bits per heavy atom. The number of methoxy groups -OCH3 is 2. The van der Waals surface area contributed by atoms with Crippen LogP contribution in [-0.2, 0) is 11.3 Å². The number of amides is 1. The number of carbonyl (C=O) groups excluding carboxylic acids is 1. The molecule has 2 rings (SSSR count). The lowest BCUT2D eigenvalue weighted by Crippen LogP contribution is -3.11. The quantitative estimate of drug-likeness (QED) is 0.823. The van der Waals surface area contributed by atoms with Crippen molar-refractivity contribution in [3.05, 3.63) is 23.8 Å². The Morgan fingerprint density at radius 2 is 1.87 bits per heavy atom. The second-order valence-electron chi connectivity index (χ2n) is 6.55. The predicted octanol–water partition coefficient (Wildman–Crippen LogP) is 1.02. The third-order valence-corrected chi connectivity index (χ3v) is 4.40. The molecule has 1 heterocycles. The van der Waals surface area contributed by atoms with Gasteiger partial charge in [0.1, 0.15) is 6.54 Å². The highest BCUT2D eigenvalue weighted by atomic mass is 16.5. The first-order valence-corrected chi connectivity index (χ1v) is 8.38. The van der Waals surface area contributed by atoms with E-state index in [4.69, 9.17) is 9.47 Å². The van der Waals surface area contributed by atoms with Gasteiger partial charge in [-0.2, -0.15) is 0 Å². The fourth-order valence-electron chi connectivity index (χ4n) is 3.15. The molecular weight excluding hydrogens is 292 g/mol. The molecule has 1 aliphatic heterocycles. The average molecular weight is 321 g/mol. The van der Waals surface area contributed by atoms with E-state index in [1.807, 2.05) is 26.0 Å². The highest BCUT2D eigenvalue weighted by molar-refractivity contribution is 5.78. The van der Waals surface area contributed by atoms with E-state index in [0.717, 1.165) is 44.0 Å². The number of likely N-dealkylation sites (tertiary alicyclic amines) is 1. The molecule has 128 valence electrons. The van der Waals surface area contributed by atoms with Gasteiger partial charge in [-0.05, 0) is 32.0 Å². The Labute approximate surface area is 139 Å². The van der Waals surface area contributed by atoms with Crippen LogP contribution in [0, 0.1) is 5.92 Å². The number of benzene rings is 1. The average Bonchev–Trinajstić information content (AvgIpc) is 2.54. The molecule has 1 saturated heterocycles. The van der Waals surface area contributed by atoms with Crippen LogP contribution < -0.4 is 19.7 Å². The number of rotatable bonds is 6. The first-order chi connectivity index (χ1) is 11.0. The van der Waals surface area contributed by atoms with Gasteiger partial charge in [0.15, 0.2) is 11.5 Å². The maximum Gasteiger partial charge on any atom is 0.223 e. The molecule has 5 nitrogen and oxygen atoms in total. The first kappa shape index (κ1) is 17.6. The molecule has 1 aromatic rings. The zero-order valence-electron chi connectivity index (χ0n) is 14.6. The maximum atomic E-state index is 12.1. The first-order valence-electron chi connectivity index (χ1n) is 8.38. The Kier molecular flexibility index (Phi) is 6.28. The van der Waals surface area contributed by atoms with Crippen molar-refractivity contribution in [2.75, 3.05) is 27.3 Å². The summed E-state index contributed by atoms with van der Waals surface area (Å²) in [5, 5.41) is 3.03. The molecule has 5 heteroatoms. The van der Waals surface area contributed by atoms with Crippen molar-refractivity contribution in [2.24, 2.45) is 5.92 Å². The Balaban J connectivity index is 1.88. The van der Waals surface area contributed by atoms with Crippen molar-refractivity contribution in [1.82, 2.24) is 5.32 Å². The highest BCUT2D eigenvalue weighted by Gasteiger charge is 2.27. The lowest BCUT2D eigenvalue weighted by molar-refractivity contribution is -0.919. The predicted molar refractivity (Wildman–Crippen MR) is 89.9 cm³/mol. The number of hydrogen-bond donors (Lipinski definition) is 2. The fraction of sp³-hybridized carbons (Fsp3) is 0.611. The van der Waals surface area contributed by atoms with Gasteiger partial charge in [0, 0.05) is 30.4 Å². The maximum absolute atomic E-state index is 12.1. The van der Waals surface area contributed by atoms with Gasteiger partial charge in [0.05, 0.1) is 27.3 Å². The lowest BCUT2D eigenvalue weighted by atomic mass is 9.95. The minimum atomic E-state index is 0.173. The molecule has 0 atom stereocenters. The molecule has 1 amide bonds. The van der Waals surface area contributed by atoms with Gasteiger partial charge in [-0.1, -0.05) is 0 Å². The molecule has 0 aliphatic carbocycles. The number of quaternary nitrogens is 1. The van der Waals surface area contributed by atoms with Crippen molar-refractivity contribution < 1.29 is 19.2 Å². The lowest BCUT2D eigenvalue weighted by Gasteiger charge is -2.29. The van der Waals surface area contributed by atoms with E-state index in [0.29, 0.717) is 0 Å². The molecule has 0 aromatic heterocycles. The monoisotopic (exact) mass is 321 g/mol. The van der Waals surface area contributed by atoms with E-state index in [2.05, 4.69) is 11.4 Å². The molecule has 0 radical (unpaired) electrons. The molecule has 0 bridgehead atoms. The Hall–Kier alpha value is -1.75. The third-order valence-electron chi connectivity index (χ3n) is 4.40. The summed E-state index contributed by atoms with van der Waals surface area (Å²) in [5.41, 5.74) is 1.24. The summed E-state index contributed by atoms with van der Waals surface area (Å²) >= 11 is 0. The summed E-state index contributed by atoms with van der Waals surface area (Å²) in [6.07, 6.45) is 1.92. The summed E-state index contributed by atoms with van der Waals surface area (Å²) in [7, 11) is 3.31. The van der Waals surface area contributed by atoms with Crippen molar-refractivity contribution in [2.45, 2.75) is 39.3 Å². The van der Waals surface area contributed by atoms with E-state index in [1.165, 1.54) is 10.5 Å². The van der Waals surface area contributed by atoms with Gasteiger partial charge in [0.2, 0.25) is 5.91 Å². The van der Waals surface area contributed by atoms with E-state index in [9.17, 15) is 4.79 Å². The second kappa shape index (κ2) is 8.20. The third kappa shape index (κ3) is 4.86. The molecule has 0 saturated carbocycles. The van der Waals surface area contributed by atoms with Crippen LogP contribution in [0.15, 0.2) is 18.2 Å². The zero-order valence-corrected chi connectivity index (χ0v) is 14.6. The number of carbonyl (C=O) groups is 1. The van der Waals surface area contributed by atoms with Crippen LogP contribution in [0.3, 0.4) is 0 Å². The number of nitrogens with one attached hydrogen (secondary N) is 2. The van der Waals surface area contributed by atoms with Gasteiger partial charge in [-0.15, -0.1) is 0 Å². The van der Waals surface area contributed by atoms with Crippen molar-refractivity contribution in [1.29, 1.82) is 0 Å². The molecule has 23 heavy (non-hydrogen) atoms. The van der Waals surface area contributed by atoms with Crippen LogP contribution in [0.25, 0.3) is 0 Å². The molecule has 1 fully saturated rings. The van der Waals surface area contributed by atoms with Crippen LogP contribution in [0.4, 0.5) is 0 Å². The van der Waals surface area contributed by atoms with Crippen LogP contribution >= 0.6 is 0 Å². The van der Waals surface area contributed by atoms with Crippen molar-refractivity contribution in [3.8, 4) is 11.5 Å². The van der Waals surface area contributed by atoms with Crippen LogP contribution in [0.2, 0.25) is 0 Å². The van der Waals surface area contributed by atoms with E-state index < -0.39 is 0 Å². The number of hydrogen-bond acceptors (Lipinski definition) is 3. The summed E-state index contributed by atoms with van der Waals surface area (Å²) in [5.74, 6) is 1.92. The van der Waals surface area contributed by atoms with Gasteiger partial charge < -0.3 is 19.7 Å². The van der Waals surface area contributed by atoms with Crippen LogP contribution in [-0.4, -0.2) is 39.3 Å². The van der Waals surface area contributed by atoms with Crippen LogP contribution in [0.1, 0.15) is 32.3 Å². The molecule has 2 N–H and O–H groups in total. The van der Waals surface area contributed by atoms with Crippen LogP contribution in [0.5, 0.6) is 11.5 Å². The Bertz CT molecular complexity index is 523. The van der Waals surface area contributed by atoms with Gasteiger partial charge in [0.25, 0.3) is 0 Å². The van der Waals surface area contributed by atoms with Crippen molar-refractivity contribution in [3.63, 3.8) is 0 Å². The van der Waals surface area contributed by atoms with Crippen molar-refractivity contribution >= 4 is 5.91 Å². The van der Waals surface area contributed by atoms with Gasteiger partial charge >= 0.3 is 0 Å². The van der Waals surface area contributed by atoms with Gasteiger partial charge in [-0.3, -0.25) is 4.79 Å². The summed E-state index contributed by atoms with van der Waals surface area (Å²) in [6.45, 7) is 7.04. The minimum absolute atomic E-state index is 0.173. The topological polar surface area (TPSA) is 52.0 Å². The zero-order chi connectivity index (χ0) is 16.8. The largest absolute Gasteiger partial charge is 0.493 e. The summed E-state index contributed by atoms with van der Waals surface area (Å²) in [6, 6.07) is 6.31. The number of piperidine rings is 1. The number of ether oxygens (including phenoxy) is 2. The molecular formula is C18H29N2O3+. The van der Waals surface area contributed by atoms with E-state index >= 15 is 0 Å². The summed E-state index contributed by atoms with van der Waals surface area (Å²) in [4.78, 5) is 13.6. The standard InChI is InChI=1S/C18H28N2O3/c1-13(2)19-18(21)15-7-9-20(10-8-15)12-14-5-6-16(22-3)17(11-14)23-4/h5-6,11,13,15H,7-10,12H2,1-4H3,(H,19,21)/p+1. The smallest absolute Gasteiger partial charge is 0.223 e. The molecule has 1 aliphatic rings. The normalized spacial score (nSPS) is 21.1. The Morgan fingerprint density at radius 3 is 2.43 bits per heavy atom. The highest BCUT2D eigenvalue weighted by Crippen LogP contribution is 2.27. The molecule has 0 unspecified atom stereocenters. The van der Waals surface area contributed by atoms with Gasteiger partial charge in [-0.25, -0.2) is 0 Å². The molecule has 1 aromatic carbocycles. The van der Waals surface area contributed by atoms with E-state index in [-0.39, 0.29) is 17.9 Å². The minimum Gasteiger partial charge on any atom is -0.493 e. The fourth-order valence-corrected chi connectivity index (χ4v) is 3.15. The SMILES string of the molecule is COc1ccc(C[NH+]2CCC(C(=O)NC(C)C)CC2)cc1OC. The summed E-state index contributed by atoms with van der Waals surface area (Å²) < 4.78 is 10.6. The second-order valence-corrected chi connectivity index (χ2v) is 6.55. The molecule has 0 spiro atoms. The van der Waals surface area contributed by atoms with E-state index in [1.54, 1.807) is 14.2 Å².